The molecule has 0 radical (unpaired) electrons. The Bertz CT molecular complexity index is 892. The fourth-order valence-corrected chi connectivity index (χ4v) is 6.70. The van der Waals surface area contributed by atoms with E-state index in [0.29, 0.717) is 5.13 Å². The third kappa shape index (κ3) is 4.21. The van der Waals surface area contributed by atoms with Crippen molar-refractivity contribution < 1.29 is 9.59 Å². The Morgan fingerprint density at radius 1 is 0.933 bits per heavy atom. The zero-order valence-electron chi connectivity index (χ0n) is 17.0. The summed E-state index contributed by atoms with van der Waals surface area (Å²) in [6.45, 7) is 0. The number of nitrogens with one attached hydrogen (secondary N) is 3. The summed E-state index contributed by atoms with van der Waals surface area (Å²) < 4.78 is 0. The van der Waals surface area contributed by atoms with E-state index < -0.39 is 0 Å². The molecule has 4 bridgehead atoms. The standard InChI is InChI=1S/C23H28N4O2S/c28-20(5-6-21(29)26-22-24-7-8-30-22)25-18-3-1-2-4-19(18)27-23-12-15-9-16(13-23)11-17(10-15)14-23/h1-4,7-8,15-17,27H,5-6,9-14H2,(H,25,28)(H,24,26,29). The third-order valence-electron chi connectivity index (χ3n) is 6.90. The quantitative estimate of drug-likeness (QED) is 0.591. The van der Waals surface area contributed by atoms with Crippen molar-refractivity contribution in [1.82, 2.24) is 4.98 Å². The van der Waals surface area contributed by atoms with E-state index in [9.17, 15) is 9.59 Å². The first-order valence-corrected chi connectivity index (χ1v) is 11.8. The van der Waals surface area contributed by atoms with E-state index in [0.717, 1.165) is 29.1 Å². The molecule has 1 aromatic carbocycles. The van der Waals surface area contributed by atoms with Crippen LogP contribution in [0, 0.1) is 17.8 Å². The molecule has 30 heavy (non-hydrogen) atoms. The van der Waals surface area contributed by atoms with Crippen LogP contribution in [0.15, 0.2) is 35.8 Å². The predicted octanol–water partition coefficient (Wildman–Crippen LogP) is 4.88. The summed E-state index contributed by atoms with van der Waals surface area (Å²) in [4.78, 5) is 28.5. The zero-order chi connectivity index (χ0) is 20.6. The van der Waals surface area contributed by atoms with Gasteiger partial charge in [0.2, 0.25) is 11.8 Å². The van der Waals surface area contributed by atoms with E-state index in [1.54, 1.807) is 11.6 Å². The predicted molar refractivity (Wildman–Crippen MR) is 120 cm³/mol. The van der Waals surface area contributed by atoms with Crippen molar-refractivity contribution in [3.05, 3.63) is 35.8 Å². The van der Waals surface area contributed by atoms with Crippen molar-refractivity contribution in [3.63, 3.8) is 0 Å². The molecule has 2 amide bonds. The molecule has 4 saturated carbocycles. The van der Waals surface area contributed by atoms with Gasteiger partial charge in [0.1, 0.15) is 0 Å². The molecule has 6 nitrogen and oxygen atoms in total. The molecular formula is C23H28N4O2S. The van der Waals surface area contributed by atoms with Crippen LogP contribution in [-0.2, 0) is 9.59 Å². The van der Waals surface area contributed by atoms with Crippen molar-refractivity contribution in [2.75, 3.05) is 16.0 Å². The number of carbonyl (C=O) groups is 2. The SMILES string of the molecule is O=C(CCC(=O)Nc1ccccc1NC12CC3CC(CC(C3)C1)C2)Nc1nccs1. The highest BCUT2D eigenvalue weighted by Crippen LogP contribution is 2.56. The van der Waals surface area contributed by atoms with Crippen LogP contribution in [0.3, 0.4) is 0 Å². The maximum Gasteiger partial charge on any atom is 0.226 e. The Kier molecular flexibility index (Phi) is 5.23. The van der Waals surface area contributed by atoms with Gasteiger partial charge in [-0.25, -0.2) is 4.98 Å². The number of hydrogen-bond acceptors (Lipinski definition) is 5. The van der Waals surface area contributed by atoms with Crippen LogP contribution >= 0.6 is 11.3 Å². The molecule has 0 saturated heterocycles. The first-order valence-electron chi connectivity index (χ1n) is 10.9. The van der Waals surface area contributed by atoms with Crippen molar-refractivity contribution in [2.45, 2.75) is 56.9 Å². The van der Waals surface area contributed by atoms with E-state index in [4.69, 9.17) is 0 Å². The lowest BCUT2D eigenvalue weighted by atomic mass is 9.53. The van der Waals surface area contributed by atoms with Crippen molar-refractivity contribution in [2.24, 2.45) is 17.8 Å². The summed E-state index contributed by atoms with van der Waals surface area (Å²) in [5.41, 5.74) is 1.99. The lowest BCUT2D eigenvalue weighted by Crippen LogP contribution is -2.54. The molecule has 4 aliphatic carbocycles. The number of anilines is 3. The second kappa shape index (κ2) is 8.02. The highest BCUT2D eigenvalue weighted by molar-refractivity contribution is 7.13. The van der Waals surface area contributed by atoms with E-state index in [1.807, 2.05) is 18.2 Å². The topological polar surface area (TPSA) is 83.1 Å². The minimum atomic E-state index is -0.194. The van der Waals surface area contributed by atoms with Crippen LogP contribution < -0.4 is 16.0 Å². The maximum atomic E-state index is 12.5. The summed E-state index contributed by atoms with van der Waals surface area (Å²) >= 11 is 1.36. The number of amides is 2. The van der Waals surface area contributed by atoms with Crippen molar-refractivity contribution in [1.29, 1.82) is 0 Å². The van der Waals surface area contributed by atoms with Crippen LogP contribution in [0.5, 0.6) is 0 Å². The number of hydrogen-bond donors (Lipinski definition) is 3. The van der Waals surface area contributed by atoms with Crippen molar-refractivity contribution in [3.8, 4) is 0 Å². The summed E-state index contributed by atoms with van der Waals surface area (Å²) in [7, 11) is 0. The zero-order valence-corrected chi connectivity index (χ0v) is 17.8. The van der Waals surface area contributed by atoms with Crippen LogP contribution in [0.1, 0.15) is 51.4 Å². The Morgan fingerprint density at radius 2 is 1.53 bits per heavy atom. The largest absolute Gasteiger partial charge is 0.378 e. The van der Waals surface area contributed by atoms with Gasteiger partial charge in [-0.15, -0.1) is 11.3 Å². The van der Waals surface area contributed by atoms with Crippen LogP contribution in [0.4, 0.5) is 16.5 Å². The normalized spacial score (nSPS) is 28.9. The molecule has 2 aromatic rings. The highest BCUT2D eigenvalue weighted by Gasteiger charge is 2.51. The van der Waals surface area contributed by atoms with Gasteiger partial charge >= 0.3 is 0 Å². The van der Waals surface area contributed by atoms with Crippen molar-refractivity contribution >= 4 is 39.7 Å². The molecular weight excluding hydrogens is 396 g/mol. The van der Waals surface area contributed by atoms with E-state index in [-0.39, 0.29) is 30.2 Å². The van der Waals surface area contributed by atoms with Crippen LogP contribution in [0.25, 0.3) is 0 Å². The number of thiazole rings is 1. The molecule has 6 rings (SSSR count). The lowest BCUT2D eigenvalue weighted by Gasteiger charge is -2.57. The third-order valence-corrected chi connectivity index (χ3v) is 7.59. The first-order chi connectivity index (χ1) is 14.6. The fraction of sp³-hybridized carbons (Fsp3) is 0.522. The first kappa shape index (κ1) is 19.5. The average Bonchev–Trinajstić information content (AvgIpc) is 3.20. The Balaban J connectivity index is 1.20. The van der Waals surface area contributed by atoms with E-state index >= 15 is 0 Å². The number of rotatable bonds is 7. The number of benzene rings is 1. The molecule has 1 aromatic heterocycles. The second-order valence-electron chi connectivity index (χ2n) is 9.30. The monoisotopic (exact) mass is 424 g/mol. The smallest absolute Gasteiger partial charge is 0.226 e. The number of aromatic nitrogens is 1. The Hall–Kier alpha value is -2.41. The second-order valence-corrected chi connectivity index (χ2v) is 10.2. The van der Waals surface area contributed by atoms with E-state index in [2.05, 4.69) is 27.0 Å². The Labute approximate surface area is 180 Å². The molecule has 4 fully saturated rings. The summed E-state index contributed by atoms with van der Waals surface area (Å²) in [6, 6.07) is 7.95. The van der Waals surface area contributed by atoms with Crippen LogP contribution in [-0.4, -0.2) is 22.3 Å². The minimum absolute atomic E-state index is 0.135. The van der Waals surface area contributed by atoms with Gasteiger partial charge in [0, 0.05) is 30.0 Å². The summed E-state index contributed by atoms with van der Waals surface area (Å²) in [5.74, 6) is 2.25. The van der Waals surface area contributed by atoms with Crippen LogP contribution in [0.2, 0.25) is 0 Å². The number of para-hydroxylation sites is 2. The van der Waals surface area contributed by atoms with Gasteiger partial charge < -0.3 is 16.0 Å². The molecule has 0 spiro atoms. The molecule has 1 heterocycles. The maximum absolute atomic E-state index is 12.5. The van der Waals surface area contributed by atoms with Gasteiger partial charge in [0.05, 0.1) is 11.4 Å². The van der Waals surface area contributed by atoms with Gasteiger partial charge in [-0.05, 0) is 68.4 Å². The molecule has 7 heteroatoms. The number of nitrogens with zero attached hydrogens (tertiary/aromatic N) is 1. The van der Waals surface area contributed by atoms with Gasteiger partial charge in [-0.1, -0.05) is 12.1 Å². The van der Waals surface area contributed by atoms with Gasteiger partial charge in [0.25, 0.3) is 0 Å². The molecule has 4 aliphatic rings. The fourth-order valence-electron chi connectivity index (χ4n) is 6.16. The number of carbonyl (C=O) groups excluding carboxylic acids is 2. The molecule has 158 valence electrons. The molecule has 0 unspecified atom stereocenters. The highest BCUT2D eigenvalue weighted by atomic mass is 32.1. The van der Waals surface area contributed by atoms with Gasteiger partial charge in [-0.2, -0.15) is 0 Å². The average molecular weight is 425 g/mol. The molecule has 0 atom stereocenters. The minimum Gasteiger partial charge on any atom is -0.378 e. The van der Waals surface area contributed by atoms with Gasteiger partial charge in [0.15, 0.2) is 5.13 Å². The lowest BCUT2D eigenvalue weighted by molar-refractivity contribution is -0.121. The summed E-state index contributed by atoms with van der Waals surface area (Å²) in [6.07, 6.45) is 9.88. The van der Waals surface area contributed by atoms with Gasteiger partial charge in [-0.3, -0.25) is 9.59 Å². The Morgan fingerprint density at radius 3 is 2.13 bits per heavy atom. The molecule has 3 N–H and O–H groups in total. The summed E-state index contributed by atoms with van der Waals surface area (Å²) in [5, 5.41) is 11.9. The van der Waals surface area contributed by atoms with E-state index in [1.165, 1.54) is 49.9 Å². The molecule has 0 aliphatic heterocycles.